The maximum absolute atomic E-state index is 5.10. The molecule has 288 valence electrons. The first-order chi connectivity index (χ1) is 30.0. The molecule has 3 aromatic heterocycles. The SMILES string of the molecule is CC1(C)c2ccccc2-c2c1c1c3c4cc(-c5ccccc5)ccc4n(-c4cccc(-c5nc(-c6ccccc6)nc(-c6ccccc6)n5)c4)c3ccc1n2-c1ccccc1. The first kappa shape index (κ1) is 35.1. The normalized spacial score (nSPS) is 12.9. The van der Waals surface area contributed by atoms with Crippen molar-refractivity contribution in [2.45, 2.75) is 19.3 Å². The zero-order valence-electron chi connectivity index (χ0n) is 33.8. The van der Waals surface area contributed by atoms with Crippen LogP contribution in [0.4, 0.5) is 0 Å². The molecular weight excluding hydrogens is 743 g/mol. The van der Waals surface area contributed by atoms with E-state index in [1.165, 1.54) is 55.2 Å². The van der Waals surface area contributed by atoms with Crippen LogP contribution in [-0.2, 0) is 5.41 Å². The Morgan fingerprint density at radius 3 is 1.54 bits per heavy atom. The van der Waals surface area contributed by atoms with Crippen LogP contribution in [0.5, 0.6) is 0 Å². The molecule has 12 rings (SSSR count). The van der Waals surface area contributed by atoms with Crippen LogP contribution in [0.2, 0.25) is 0 Å². The van der Waals surface area contributed by atoms with Gasteiger partial charge in [0.15, 0.2) is 17.5 Å². The fraction of sp³-hybridized carbons (Fsp3) is 0.0536. The Hall–Kier alpha value is -7.89. The van der Waals surface area contributed by atoms with Crippen LogP contribution < -0.4 is 0 Å². The second-order valence-electron chi connectivity index (χ2n) is 16.4. The number of aromatic nitrogens is 5. The Bertz CT molecular complexity index is 3420. The van der Waals surface area contributed by atoms with Crippen LogP contribution in [0, 0.1) is 0 Å². The van der Waals surface area contributed by atoms with Crippen molar-refractivity contribution in [3.05, 3.63) is 211 Å². The topological polar surface area (TPSA) is 48.5 Å². The van der Waals surface area contributed by atoms with Gasteiger partial charge in [-0.2, -0.15) is 0 Å². The van der Waals surface area contributed by atoms with Crippen molar-refractivity contribution in [2.75, 3.05) is 0 Å². The van der Waals surface area contributed by atoms with E-state index in [0.717, 1.165) is 39.1 Å². The highest BCUT2D eigenvalue weighted by Crippen LogP contribution is 2.56. The summed E-state index contributed by atoms with van der Waals surface area (Å²) in [5.41, 5.74) is 15.9. The van der Waals surface area contributed by atoms with Gasteiger partial charge in [-0.15, -0.1) is 0 Å². The number of benzene rings is 8. The Morgan fingerprint density at radius 1 is 0.377 bits per heavy atom. The molecule has 8 aromatic carbocycles. The Labute approximate surface area is 353 Å². The van der Waals surface area contributed by atoms with Crippen LogP contribution in [0.15, 0.2) is 200 Å². The minimum absolute atomic E-state index is 0.241. The van der Waals surface area contributed by atoms with Gasteiger partial charge < -0.3 is 9.13 Å². The number of fused-ring (bicyclic) bond motifs is 9. The minimum atomic E-state index is -0.241. The van der Waals surface area contributed by atoms with E-state index in [0.29, 0.717) is 17.5 Å². The molecule has 11 aromatic rings. The lowest BCUT2D eigenvalue weighted by Crippen LogP contribution is -2.14. The molecule has 0 N–H and O–H groups in total. The van der Waals surface area contributed by atoms with Crippen molar-refractivity contribution in [1.29, 1.82) is 0 Å². The molecule has 1 aliphatic rings. The molecule has 0 unspecified atom stereocenters. The highest BCUT2D eigenvalue weighted by molar-refractivity contribution is 6.24. The second kappa shape index (κ2) is 13.6. The van der Waals surface area contributed by atoms with Crippen molar-refractivity contribution in [3.8, 4) is 67.9 Å². The lowest BCUT2D eigenvalue weighted by molar-refractivity contribution is 0.666. The van der Waals surface area contributed by atoms with E-state index >= 15 is 0 Å². The Kier molecular flexibility index (Phi) is 7.81. The molecule has 0 atom stereocenters. The third kappa shape index (κ3) is 5.44. The summed E-state index contributed by atoms with van der Waals surface area (Å²) in [5, 5.41) is 3.76. The van der Waals surface area contributed by atoms with Gasteiger partial charge in [-0.25, -0.2) is 15.0 Å². The van der Waals surface area contributed by atoms with Gasteiger partial charge in [-0.1, -0.05) is 166 Å². The lowest BCUT2D eigenvalue weighted by Gasteiger charge is -2.21. The molecule has 5 nitrogen and oxygen atoms in total. The van der Waals surface area contributed by atoms with Crippen molar-refractivity contribution >= 4 is 32.7 Å². The van der Waals surface area contributed by atoms with Crippen LogP contribution >= 0.6 is 0 Å². The number of hydrogen-bond acceptors (Lipinski definition) is 3. The number of nitrogens with zero attached hydrogens (tertiary/aromatic N) is 5. The average molecular weight is 782 g/mol. The molecule has 3 heterocycles. The molecule has 0 amide bonds. The first-order valence-corrected chi connectivity index (χ1v) is 20.9. The smallest absolute Gasteiger partial charge is 0.164 e. The van der Waals surface area contributed by atoms with E-state index in [9.17, 15) is 0 Å². The van der Waals surface area contributed by atoms with E-state index < -0.39 is 0 Å². The van der Waals surface area contributed by atoms with Gasteiger partial charge in [-0.3, -0.25) is 0 Å². The standard InChI is InChI=1S/C56H39N5/c1-56(2)45-29-16-15-28-43(45)52-51(56)50-48(61(52)41-25-13-6-14-26-41)33-32-47-49(50)44-35-39(36-18-7-3-8-19-36)30-31-46(44)60(47)42-27-17-24-40(34-42)55-58-53(37-20-9-4-10-21-37)57-54(59-55)38-22-11-5-12-23-38/h3-35H,1-2H3. The number of rotatable bonds is 6. The maximum atomic E-state index is 5.10. The minimum Gasteiger partial charge on any atom is -0.309 e. The van der Waals surface area contributed by atoms with Gasteiger partial charge in [0, 0.05) is 55.2 Å². The summed E-state index contributed by atoms with van der Waals surface area (Å²) in [6.45, 7) is 4.79. The fourth-order valence-corrected chi connectivity index (χ4v) is 9.78. The molecule has 0 saturated heterocycles. The van der Waals surface area contributed by atoms with Gasteiger partial charge >= 0.3 is 0 Å². The molecule has 0 fully saturated rings. The molecular formula is C56H39N5. The molecule has 5 heteroatoms. The third-order valence-corrected chi connectivity index (χ3v) is 12.5. The van der Waals surface area contributed by atoms with Crippen LogP contribution in [-0.4, -0.2) is 24.1 Å². The third-order valence-electron chi connectivity index (χ3n) is 12.5. The highest BCUT2D eigenvalue weighted by atomic mass is 15.0. The van der Waals surface area contributed by atoms with Crippen LogP contribution in [0.1, 0.15) is 25.0 Å². The maximum Gasteiger partial charge on any atom is 0.164 e. The zero-order chi connectivity index (χ0) is 40.7. The van der Waals surface area contributed by atoms with Crippen molar-refractivity contribution < 1.29 is 0 Å². The summed E-state index contributed by atoms with van der Waals surface area (Å²) in [5.74, 6) is 1.91. The zero-order valence-corrected chi connectivity index (χ0v) is 33.8. The van der Waals surface area contributed by atoms with Gasteiger partial charge in [0.05, 0.1) is 22.2 Å². The van der Waals surface area contributed by atoms with E-state index in [4.69, 9.17) is 15.0 Å². The number of para-hydroxylation sites is 1. The molecule has 0 radical (unpaired) electrons. The van der Waals surface area contributed by atoms with E-state index in [2.05, 4.69) is 187 Å². The average Bonchev–Trinajstić information content (AvgIpc) is 3.93. The molecule has 0 spiro atoms. The lowest BCUT2D eigenvalue weighted by atomic mass is 9.81. The summed E-state index contributed by atoms with van der Waals surface area (Å²) in [4.78, 5) is 15.2. The molecule has 0 bridgehead atoms. The van der Waals surface area contributed by atoms with Gasteiger partial charge in [0.25, 0.3) is 0 Å². The van der Waals surface area contributed by atoms with Gasteiger partial charge in [0.1, 0.15) is 0 Å². The quantitative estimate of drug-likeness (QED) is 0.169. The van der Waals surface area contributed by atoms with Crippen LogP contribution in [0.25, 0.3) is 101 Å². The Morgan fingerprint density at radius 2 is 0.885 bits per heavy atom. The van der Waals surface area contributed by atoms with Crippen LogP contribution in [0.3, 0.4) is 0 Å². The van der Waals surface area contributed by atoms with E-state index in [1.54, 1.807) is 0 Å². The summed E-state index contributed by atoms with van der Waals surface area (Å²) in [6.07, 6.45) is 0. The first-order valence-electron chi connectivity index (χ1n) is 20.9. The van der Waals surface area contributed by atoms with E-state index in [1.807, 2.05) is 36.4 Å². The highest BCUT2D eigenvalue weighted by Gasteiger charge is 2.41. The molecule has 0 aliphatic heterocycles. The molecule has 0 saturated carbocycles. The van der Waals surface area contributed by atoms with Gasteiger partial charge in [0.2, 0.25) is 0 Å². The summed E-state index contributed by atoms with van der Waals surface area (Å²) < 4.78 is 4.93. The summed E-state index contributed by atoms with van der Waals surface area (Å²) in [6, 6.07) is 71.1. The van der Waals surface area contributed by atoms with Crippen molar-refractivity contribution in [2.24, 2.45) is 0 Å². The molecule has 1 aliphatic carbocycles. The predicted molar refractivity (Wildman–Crippen MR) is 250 cm³/mol. The van der Waals surface area contributed by atoms with Crippen molar-refractivity contribution in [3.63, 3.8) is 0 Å². The monoisotopic (exact) mass is 781 g/mol. The van der Waals surface area contributed by atoms with E-state index in [-0.39, 0.29) is 5.41 Å². The Balaban J connectivity index is 1.15. The fourth-order valence-electron chi connectivity index (χ4n) is 9.78. The van der Waals surface area contributed by atoms with Gasteiger partial charge in [-0.05, 0) is 70.8 Å². The second-order valence-corrected chi connectivity index (χ2v) is 16.4. The molecule has 61 heavy (non-hydrogen) atoms. The largest absolute Gasteiger partial charge is 0.309 e. The summed E-state index contributed by atoms with van der Waals surface area (Å²) >= 11 is 0. The summed E-state index contributed by atoms with van der Waals surface area (Å²) in [7, 11) is 0. The number of hydrogen-bond donors (Lipinski definition) is 0. The van der Waals surface area contributed by atoms with Crippen molar-refractivity contribution in [1.82, 2.24) is 24.1 Å². The predicted octanol–water partition coefficient (Wildman–Crippen LogP) is 13.9.